The van der Waals surface area contributed by atoms with Crippen molar-refractivity contribution in [3.8, 4) is 5.75 Å². The van der Waals surface area contributed by atoms with Gasteiger partial charge in [-0.2, -0.15) is 13.9 Å². The van der Waals surface area contributed by atoms with E-state index < -0.39 is 12.5 Å². The zero-order valence-electron chi connectivity index (χ0n) is 15.3. The van der Waals surface area contributed by atoms with Gasteiger partial charge < -0.3 is 10.1 Å². The molecule has 0 saturated carbocycles. The van der Waals surface area contributed by atoms with Crippen molar-refractivity contribution < 1.29 is 18.3 Å². The third-order valence-electron chi connectivity index (χ3n) is 4.42. The molecule has 0 aliphatic heterocycles. The van der Waals surface area contributed by atoms with Gasteiger partial charge in [0.15, 0.2) is 0 Å². The molecular weight excluding hydrogens is 376 g/mol. The molecule has 1 amide bonds. The van der Waals surface area contributed by atoms with Gasteiger partial charge in [0.25, 0.3) is 5.91 Å². The van der Waals surface area contributed by atoms with Crippen molar-refractivity contribution in [2.45, 2.75) is 13.2 Å². The average Bonchev–Trinajstić information content (AvgIpc) is 3.15. The Morgan fingerprint density at radius 1 is 1.07 bits per heavy atom. The number of nitrogens with one attached hydrogen (secondary N) is 1. The lowest BCUT2D eigenvalue weighted by Gasteiger charge is -2.07. The Labute approximate surface area is 165 Å². The third-order valence-corrected chi connectivity index (χ3v) is 4.42. The molecule has 0 bridgehead atoms. The third kappa shape index (κ3) is 4.40. The minimum Gasteiger partial charge on any atom is -0.435 e. The lowest BCUT2D eigenvalue weighted by atomic mass is 10.0. The highest BCUT2D eigenvalue weighted by atomic mass is 19.3. The summed E-state index contributed by atoms with van der Waals surface area (Å²) in [5, 5.41) is 9.31. The molecule has 4 rings (SSSR count). The van der Waals surface area contributed by atoms with E-state index in [1.54, 1.807) is 17.1 Å². The largest absolute Gasteiger partial charge is 0.435 e. The van der Waals surface area contributed by atoms with Gasteiger partial charge in [-0.05, 0) is 34.5 Å². The van der Waals surface area contributed by atoms with Crippen LogP contribution in [0.15, 0.2) is 79.1 Å². The molecule has 1 heterocycles. The first-order valence-electron chi connectivity index (χ1n) is 8.94. The number of nitrogens with zero attached hydrogens (tertiary/aromatic N) is 2. The van der Waals surface area contributed by atoms with E-state index in [1.165, 1.54) is 24.3 Å². The second-order valence-electron chi connectivity index (χ2n) is 6.43. The van der Waals surface area contributed by atoms with Crippen LogP contribution in [0.3, 0.4) is 0 Å². The maximum absolute atomic E-state index is 12.4. The van der Waals surface area contributed by atoms with Crippen LogP contribution in [-0.4, -0.2) is 22.3 Å². The number of alkyl halides is 2. The topological polar surface area (TPSA) is 56.2 Å². The van der Waals surface area contributed by atoms with Gasteiger partial charge in [-0.15, -0.1) is 0 Å². The Bertz CT molecular complexity index is 1150. The lowest BCUT2D eigenvalue weighted by Crippen LogP contribution is -2.12. The predicted octanol–water partition coefficient (Wildman–Crippen LogP) is 4.94. The van der Waals surface area contributed by atoms with Crippen LogP contribution in [-0.2, 0) is 6.54 Å². The van der Waals surface area contributed by atoms with Crippen molar-refractivity contribution in [1.82, 2.24) is 9.78 Å². The zero-order valence-corrected chi connectivity index (χ0v) is 15.3. The predicted molar refractivity (Wildman–Crippen MR) is 106 cm³/mol. The van der Waals surface area contributed by atoms with Gasteiger partial charge in [-0.25, -0.2) is 0 Å². The number of rotatable bonds is 6. The quantitative estimate of drug-likeness (QED) is 0.505. The summed E-state index contributed by atoms with van der Waals surface area (Å²) >= 11 is 0. The van der Waals surface area contributed by atoms with Gasteiger partial charge in [0.2, 0.25) is 0 Å². The SMILES string of the molecule is O=C(Nc1cnn(Cc2cccc3ccccc23)c1)c1cccc(OC(F)F)c1. The molecule has 0 radical (unpaired) electrons. The smallest absolute Gasteiger partial charge is 0.387 e. The number of carbonyl (C=O) groups excluding carboxylic acids is 1. The Morgan fingerprint density at radius 2 is 1.86 bits per heavy atom. The second-order valence-corrected chi connectivity index (χ2v) is 6.43. The summed E-state index contributed by atoms with van der Waals surface area (Å²) in [5.41, 5.74) is 1.83. The molecule has 0 aliphatic rings. The first-order chi connectivity index (χ1) is 14.1. The van der Waals surface area contributed by atoms with Gasteiger partial charge in [-0.1, -0.05) is 48.5 Å². The summed E-state index contributed by atoms with van der Waals surface area (Å²) in [6.07, 6.45) is 3.27. The van der Waals surface area contributed by atoms with E-state index in [2.05, 4.69) is 33.4 Å². The minimum atomic E-state index is -2.94. The molecule has 0 aliphatic carbocycles. The van der Waals surface area contributed by atoms with Crippen molar-refractivity contribution >= 4 is 22.4 Å². The van der Waals surface area contributed by atoms with E-state index in [-0.39, 0.29) is 11.3 Å². The van der Waals surface area contributed by atoms with Crippen molar-refractivity contribution in [2.75, 3.05) is 5.32 Å². The molecule has 146 valence electrons. The minimum absolute atomic E-state index is 0.0701. The van der Waals surface area contributed by atoms with E-state index in [9.17, 15) is 13.6 Å². The Kier molecular flexibility index (Phi) is 5.20. The highest BCUT2D eigenvalue weighted by Gasteiger charge is 2.11. The van der Waals surface area contributed by atoms with Crippen LogP contribution in [0.25, 0.3) is 10.8 Å². The van der Waals surface area contributed by atoms with Crippen LogP contribution in [0, 0.1) is 0 Å². The first-order valence-corrected chi connectivity index (χ1v) is 8.94. The van der Waals surface area contributed by atoms with Gasteiger partial charge in [-0.3, -0.25) is 9.48 Å². The monoisotopic (exact) mass is 393 g/mol. The number of aromatic nitrogens is 2. The number of hydrogen-bond donors (Lipinski definition) is 1. The fraction of sp³-hybridized carbons (Fsp3) is 0.0909. The van der Waals surface area contributed by atoms with Gasteiger partial charge in [0.05, 0.1) is 18.4 Å². The highest BCUT2D eigenvalue weighted by Crippen LogP contribution is 2.20. The van der Waals surface area contributed by atoms with E-state index in [0.29, 0.717) is 12.2 Å². The normalized spacial score (nSPS) is 11.0. The van der Waals surface area contributed by atoms with Gasteiger partial charge >= 0.3 is 6.61 Å². The molecule has 29 heavy (non-hydrogen) atoms. The number of benzene rings is 3. The van der Waals surface area contributed by atoms with E-state index in [4.69, 9.17) is 0 Å². The molecular formula is C22H17F2N3O2. The molecule has 5 nitrogen and oxygen atoms in total. The summed E-state index contributed by atoms with van der Waals surface area (Å²) in [6.45, 7) is -2.39. The average molecular weight is 393 g/mol. The summed E-state index contributed by atoms with van der Waals surface area (Å²) in [5.74, 6) is -0.506. The number of fused-ring (bicyclic) bond motifs is 1. The molecule has 0 spiro atoms. The molecule has 1 N–H and O–H groups in total. The molecule has 4 aromatic rings. The second kappa shape index (κ2) is 8.10. The van der Waals surface area contributed by atoms with Gasteiger partial charge in [0, 0.05) is 11.8 Å². The maximum atomic E-state index is 12.4. The molecule has 0 unspecified atom stereocenters. The molecule has 1 aromatic heterocycles. The van der Waals surface area contributed by atoms with Crippen LogP contribution in [0.5, 0.6) is 5.75 Å². The summed E-state index contributed by atoms with van der Waals surface area (Å²) in [7, 11) is 0. The standard InChI is InChI=1S/C22H17F2N3O2/c23-22(24)29-19-9-4-7-16(11-19)21(28)26-18-12-25-27(14-18)13-17-8-3-6-15-5-1-2-10-20(15)17/h1-12,14,22H,13H2,(H,26,28). The summed E-state index contributed by atoms with van der Waals surface area (Å²) in [6, 6.07) is 19.8. The van der Waals surface area contributed by atoms with E-state index in [0.717, 1.165) is 16.3 Å². The van der Waals surface area contributed by atoms with Gasteiger partial charge in [0.1, 0.15) is 5.75 Å². The zero-order chi connectivity index (χ0) is 20.2. The molecule has 3 aromatic carbocycles. The number of anilines is 1. The number of carbonyl (C=O) groups is 1. The molecule has 0 saturated heterocycles. The highest BCUT2D eigenvalue weighted by molar-refractivity contribution is 6.04. The number of amides is 1. The number of ether oxygens (including phenoxy) is 1. The maximum Gasteiger partial charge on any atom is 0.387 e. The fourth-order valence-electron chi connectivity index (χ4n) is 3.14. The van der Waals surface area contributed by atoms with Crippen LogP contribution < -0.4 is 10.1 Å². The number of halogens is 2. The molecule has 0 fully saturated rings. The Morgan fingerprint density at radius 3 is 2.72 bits per heavy atom. The Balaban J connectivity index is 1.47. The van der Waals surface area contributed by atoms with E-state index in [1.807, 2.05) is 24.3 Å². The van der Waals surface area contributed by atoms with Crippen LogP contribution in [0.1, 0.15) is 15.9 Å². The molecule has 7 heteroatoms. The van der Waals surface area contributed by atoms with Crippen molar-refractivity contribution in [2.24, 2.45) is 0 Å². The summed E-state index contributed by atoms with van der Waals surface area (Å²) < 4.78 is 30.8. The summed E-state index contributed by atoms with van der Waals surface area (Å²) in [4.78, 5) is 12.4. The van der Waals surface area contributed by atoms with Crippen LogP contribution in [0.4, 0.5) is 14.5 Å². The Hall–Kier alpha value is -3.74. The lowest BCUT2D eigenvalue weighted by molar-refractivity contribution is -0.0498. The fourth-order valence-corrected chi connectivity index (χ4v) is 3.14. The van der Waals surface area contributed by atoms with Crippen molar-refractivity contribution in [3.05, 3.63) is 90.3 Å². The first kappa shape index (κ1) is 18.6. The van der Waals surface area contributed by atoms with E-state index >= 15 is 0 Å². The van der Waals surface area contributed by atoms with Crippen LogP contribution >= 0.6 is 0 Å². The van der Waals surface area contributed by atoms with Crippen molar-refractivity contribution in [3.63, 3.8) is 0 Å². The number of hydrogen-bond acceptors (Lipinski definition) is 3. The van der Waals surface area contributed by atoms with Crippen molar-refractivity contribution in [1.29, 1.82) is 0 Å². The molecule has 0 atom stereocenters. The van der Waals surface area contributed by atoms with Crippen LogP contribution in [0.2, 0.25) is 0 Å².